The molecule has 0 amide bonds. The van der Waals surface area contributed by atoms with Crippen molar-refractivity contribution < 1.29 is 9.16 Å². The van der Waals surface area contributed by atoms with Crippen LogP contribution in [-0.4, -0.2) is 26.6 Å². The van der Waals surface area contributed by atoms with Gasteiger partial charge in [0.2, 0.25) is 0 Å². The van der Waals surface area contributed by atoms with Crippen molar-refractivity contribution in [3.63, 3.8) is 0 Å². The first-order valence-electron chi connectivity index (χ1n) is 10.9. The van der Waals surface area contributed by atoms with Gasteiger partial charge in [0.05, 0.1) is 18.3 Å². The van der Waals surface area contributed by atoms with Gasteiger partial charge in [-0.1, -0.05) is 54.2 Å². The minimum atomic E-state index is -1.54. The van der Waals surface area contributed by atoms with Gasteiger partial charge in [0, 0.05) is 6.42 Å². The Morgan fingerprint density at radius 1 is 1.30 bits per heavy atom. The minimum Gasteiger partial charge on any atom is -0.409 e. The van der Waals surface area contributed by atoms with E-state index in [1.54, 1.807) is 5.57 Å². The van der Waals surface area contributed by atoms with E-state index in [0.717, 1.165) is 24.9 Å². The lowest BCUT2D eigenvalue weighted by Gasteiger charge is -2.44. The van der Waals surface area contributed by atoms with Gasteiger partial charge in [-0.2, -0.15) is 0 Å². The fraction of sp³-hybridized carbons (Fsp3) is 0.826. The second-order valence-electron chi connectivity index (χ2n) is 10.7. The maximum atomic E-state index is 6.40. The molecule has 0 heterocycles. The van der Waals surface area contributed by atoms with E-state index in [4.69, 9.17) is 9.16 Å². The Morgan fingerprint density at radius 3 is 2.70 bits per heavy atom. The highest BCUT2D eigenvalue weighted by Gasteiger charge is 2.50. The van der Waals surface area contributed by atoms with Crippen LogP contribution in [0.5, 0.6) is 0 Å². The number of rotatable bonds is 6. The van der Waals surface area contributed by atoms with E-state index in [1.165, 1.54) is 32.1 Å². The third-order valence-electron chi connectivity index (χ3n) is 7.25. The van der Waals surface area contributed by atoms with E-state index in [0.29, 0.717) is 11.3 Å². The van der Waals surface area contributed by atoms with Crippen LogP contribution >= 0.6 is 22.6 Å². The summed E-state index contributed by atoms with van der Waals surface area (Å²) in [6.07, 6.45) is 12.5. The van der Waals surface area contributed by atoms with Gasteiger partial charge in [-0.05, 0) is 85.9 Å². The first-order valence-corrected chi connectivity index (χ1v) is 15.5. The molecule has 0 bridgehead atoms. The summed E-state index contributed by atoms with van der Waals surface area (Å²) in [5, 5.41) is 0. The number of fused-ring (bicyclic) bond motifs is 1. The van der Waals surface area contributed by atoms with Crippen LogP contribution in [0.1, 0.15) is 59.3 Å². The van der Waals surface area contributed by atoms with E-state index < -0.39 is 8.32 Å². The van der Waals surface area contributed by atoms with Gasteiger partial charge >= 0.3 is 0 Å². The van der Waals surface area contributed by atoms with Crippen molar-refractivity contribution in [1.82, 2.24) is 0 Å². The van der Waals surface area contributed by atoms with Gasteiger partial charge in [-0.25, -0.2) is 0 Å². The quantitative estimate of drug-likeness (QED) is 0.219. The van der Waals surface area contributed by atoms with Gasteiger partial charge in [0.25, 0.3) is 0 Å². The molecule has 6 atom stereocenters. The van der Waals surface area contributed by atoms with Crippen molar-refractivity contribution in [2.24, 2.45) is 23.2 Å². The number of hydrogen-bond acceptors (Lipinski definition) is 2. The molecule has 4 heteroatoms. The summed E-state index contributed by atoms with van der Waals surface area (Å²) in [5.41, 5.74) is 2.07. The Bertz CT molecular complexity index is 596. The molecule has 154 valence electrons. The van der Waals surface area contributed by atoms with Crippen LogP contribution in [0.3, 0.4) is 0 Å². The molecule has 0 N–H and O–H groups in total. The lowest BCUT2D eigenvalue weighted by atomic mass is 9.61. The molecule has 3 rings (SSSR count). The van der Waals surface area contributed by atoms with E-state index >= 15 is 0 Å². The van der Waals surface area contributed by atoms with Crippen LogP contribution in [0.2, 0.25) is 19.6 Å². The summed E-state index contributed by atoms with van der Waals surface area (Å²) < 4.78 is 15.2. The molecule has 2 nitrogen and oxygen atoms in total. The Kier molecular flexibility index (Phi) is 6.72. The van der Waals surface area contributed by atoms with Crippen molar-refractivity contribution in [2.75, 3.05) is 6.61 Å². The van der Waals surface area contributed by atoms with Crippen molar-refractivity contribution in [3.8, 4) is 0 Å². The van der Waals surface area contributed by atoms with Crippen molar-refractivity contribution in [1.29, 1.82) is 0 Å². The minimum absolute atomic E-state index is 0.133. The molecular weight excluding hydrogens is 463 g/mol. The van der Waals surface area contributed by atoms with Crippen LogP contribution in [0.15, 0.2) is 21.8 Å². The van der Waals surface area contributed by atoms with Gasteiger partial charge in [-0.15, -0.1) is 0 Å². The average Bonchev–Trinajstić information content (AvgIpc) is 3.10. The zero-order chi connectivity index (χ0) is 19.9. The molecule has 0 aliphatic heterocycles. The molecule has 3 aliphatic rings. The summed E-state index contributed by atoms with van der Waals surface area (Å²) in [6, 6.07) is 0. The second kappa shape index (κ2) is 8.23. The highest BCUT2D eigenvalue weighted by molar-refractivity contribution is 14.1. The summed E-state index contributed by atoms with van der Waals surface area (Å²) >= 11 is 2.47. The third-order valence-corrected chi connectivity index (χ3v) is 9.13. The first-order chi connectivity index (χ1) is 12.6. The summed E-state index contributed by atoms with van der Waals surface area (Å²) in [7, 11) is -1.54. The fourth-order valence-electron chi connectivity index (χ4n) is 6.27. The van der Waals surface area contributed by atoms with Gasteiger partial charge < -0.3 is 9.16 Å². The van der Waals surface area contributed by atoms with Gasteiger partial charge in [0.15, 0.2) is 8.32 Å². The Hall–Kier alpha value is 0.347. The van der Waals surface area contributed by atoms with Crippen LogP contribution in [-0.2, 0) is 9.16 Å². The topological polar surface area (TPSA) is 18.5 Å². The average molecular weight is 503 g/mol. The zero-order valence-electron chi connectivity index (χ0n) is 18.2. The number of halogens is 1. The van der Waals surface area contributed by atoms with E-state index in [2.05, 4.69) is 79.2 Å². The molecule has 0 aromatic rings. The predicted molar refractivity (Wildman–Crippen MR) is 126 cm³/mol. The highest BCUT2D eigenvalue weighted by Crippen LogP contribution is 2.59. The summed E-state index contributed by atoms with van der Waals surface area (Å²) in [5.74, 6) is 2.24. The maximum absolute atomic E-state index is 6.40. The smallest absolute Gasteiger partial charge is 0.184 e. The Morgan fingerprint density at radius 2 is 2.04 bits per heavy atom. The van der Waals surface area contributed by atoms with Crippen LogP contribution in [0.25, 0.3) is 0 Å². The van der Waals surface area contributed by atoms with Crippen molar-refractivity contribution in [3.05, 3.63) is 21.8 Å². The largest absolute Gasteiger partial charge is 0.409 e. The van der Waals surface area contributed by atoms with Crippen LogP contribution < -0.4 is 0 Å². The van der Waals surface area contributed by atoms with Crippen molar-refractivity contribution >= 4 is 30.9 Å². The number of ether oxygens (including phenoxy) is 1. The summed E-state index contributed by atoms with van der Waals surface area (Å²) in [6.45, 7) is 14.9. The molecular formula is C23H39IO2Si. The lowest BCUT2D eigenvalue weighted by molar-refractivity contribution is -0.00461. The normalized spacial score (nSPS) is 41.9. The molecule has 0 radical (unpaired) electrons. The molecule has 0 saturated heterocycles. The molecule has 27 heavy (non-hydrogen) atoms. The Labute approximate surface area is 181 Å². The molecule has 0 spiro atoms. The van der Waals surface area contributed by atoms with E-state index in [9.17, 15) is 0 Å². The molecule has 0 aromatic heterocycles. The SMILES string of the molecule is C[C@@H](CO[C@H]1C=C[C@@](C)(O[Si](C)(C)C)C1)[C@H]1CCC2C(=CI)CCC[C@]21C. The lowest BCUT2D eigenvalue weighted by Crippen LogP contribution is -2.39. The standard InChI is InChI=1S/C23H39IO2Si/c1-17(16-25-19-11-13-22(2,14-19)26-27(4,5)6)20-9-10-21-18(15-24)8-7-12-23(20,21)3/h11,13,15,17,19-21H,7-10,12,14,16H2,1-6H3/t17-,19-,20+,21?,22+,23-/m0/s1. The maximum Gasteiger partial charge on any atom is 0.184 e. The predicted octanol–water partition coefficient (Wildman–Crippen LogP) is 7.11. The highest BCUT2D eigenvalue weighted by atomic mass is 127. The molecule has 2 saturated carbocycles. The van der Waals surface area contributed by atoms with Crippen LogP contribution in [0, 0.1) is 23.2 Å². The molecule has 3 aliphatic carbocycles. The zero-order valence-corrected chi connectivity index (χ0v) is 21.3. The van der Waals surface area contributed by atoms with Crippen LogP contribution in [0.4, 0.5) is 0 Å². The second-order valence-corrected chi connectivity index (χ2v) is 15.8. The van der Waals surface area contributed by atoms with Crippen molar-refractivity contribution in [2.45, 2.75) is 90.6 Å². The fourth-order valence-corrected chi connectivity index (χ4v) is 8.57. The Balaban J connectivity index is 1.55. The van der Waals surface area contributed by atoms with Gasteiger partial charge in [0.1, 0.15) is 0 Å². The van der Waals surface area contributed by atoms with E-state index in [-0.39, 0.29) is 11.7 Å². The molecule has 0 aromatic carbocycles. The first kappa shape index (κ1) is 22.0. The summed E-state index contributed by atoms with van der Waals surface area (Å²) in [4.78, 5) is 0. The number of hydrogen-bond donors (Lipinski definition) is 0. The van der Waals surface area contributed by atoms with E-state index in [1.807, 2.05) is 0 Å². The molecule has 1 unspecified atom stereocenters. The molecule has 2 fully saturated rings. The van der Waals surface area contributed by atoms with Gasteiger partial charge in [-0.3, -0.25) is 0 Å². The monoisotopic (exact) mass is 502 g/mol. The number of allylic oxidation sites excluding steroid dienone is 1. The third kappa shape index (κ3) is 4.92.